The number of aromatic nitrogens is 1. The molecular formula is C19H19ClF3NO5. The second kappa shape index (κ2) is 9.80. The molecule has 0 saturated heterocycles. The van der Waals surface area contributed by atoms with E-state index in [2.05, 4.69) is 4.98 Å². The van der Waals surface area contributed by atoms with E-state index in [0.29, 0.717) is 11.9 Å². The van der Waals surface area contributed by atoms with E-state index in [0.717, 1.165) is 6.07 Å². The van der Waals surface area contributed by atoms with Crippen LogP contribution in [0.3, 0.4) is 0 Å². The maximum absolute atomic E-state index is 12.6. The van der Waals surface area contributed by atoms with Gasteiger partial charge in [-0.15, -0.1) is 0 Å². The Kier molecular flexibility index (Phi) is 7.69. The molecule has 1 heterocycles. The predicted octanol–water partition coefficient (Wildman–Crippen LogP) is 4.63. The summed E-state index contributed by atoms with van der Waals surface area (Å²) >= 11 is 5.81. The Bertz CT molecular complexity index is 830. The minimum atomic E-state index is -4.55. The third kappa shape index (κ3) is 6.79. The maximum Gasteiger partial charge on any atom is 0.417 e. The molecular weight excluding hydrogens is 415 g/mol. The van der Waals surface area contributed by atoms with Crippen molar-refractivity contribution in [3.05, 3.63) is 47.1 Å². The molecule has 0 spiro atoms. The molecule has 0 fully saturated rings. The van der Waals surface area contributed by atoms with Crippen molar-refractivity contribution in [3.63, 3.8) is 0 Å². The van der Waals surface area contributed by atoms with Crippen molar-refractivity contribution in [1.29, 1.82) is 0 Å². The smallest absolute Gasteiger partial charge is 0.417 e. The summed E-state index contributed by atoms with van der Waals surface area (Å²) in [5.74, 6) is -0.0443. The number of aliphatic hydroxyl groups excluding tert-OH is 1. The Morgan fingerprint density at radius 1 is 1.24 bits per heavy atom. The molecule has 6 nitrogen and oxygen atoms in total. The van der Waals surface area contributed by atoms with Crippen LogP contribution < -0.4 is 9.47 Å². The summed E-state index contributed by atoms with van der Waals surface area (Å²) in [7, 11) is 0. The van der Waals surface area contributed by atoms with Gasteiger partial charge in [0.2, 0.25) is 5.88 Å². The number of ether oxygens (including phenoxy) is 3. The lowest BCUT2D eigenvalue weighted by Crippen LogP contribution is -2.31. The van der Waals surface area contributed by atoms with Crippen LogP contribution in [0.4, 0.5) is 13.2 Å². The van der Waals surface area contributed by atoms with Gasteiger partial charge in [-0.1, -0.05) is 11.6 Å². The van der Waals surface area contributed by atoms with Crippen molar-refractivity contribution in [2.75, 3.05) is 6.61 Å². The van der Waals surface area contributed by atoms with Gasteiger partial charge in [0.25, 0.3) is 0 Å². The summed E-state index contributed by atoms with van der Waals surface area (Å²) in [4.78, 5) is 15.0. The Balaban J connectivity index is 1.97. The van der Waals surface area contributed by atoms with Crippen LogP contribution in [0.25, 0.3) is 0 Å². The summed E-state index contributed by atoms with van der Waals surface area (Å²) < 4.78 is 53.6. The molecule has 1 N–H and O–H groups in total. The number of esters is 1. The summed E-state index contributed by atoms with van der Waals surface area (Å²) in [5, 5.41) is 9.70. The molecule has 0 bridgehead atoms. The first-order valence-corrected chi connectivity index (χ1v) is 8.99. The van der Waals surface area contributed by atoms with Crippen molar-refractivity contribution in [3.8, 4) is 17.4 Å². The number of carbonyl (C=O) groups excluding carboxylic acids is 1. The number of alkyl halides is 3. The number of rotatable bonds is 8. The number of carbonyl (C=O) groups is 1. The zero-order valence-corrected chi connectivity index (χ0v) is 16.3. The molecule has 0 aliphatic heterocycles. The fourth-order valence-electron chi connectivity index (χ4n) is 2.20. The molecule has 0 aliphatic carbocycles. The van der Waals surface area contributed by atoms with Gasteiger partial charge in [-0.2, -0.15) is 13.2 Å². The lowest BCUT2D eigenvalue weighted by molar-refractivity contribution is -0.146. The van der Waals surface area contributed by atoms with Crippen LogP contribution in [0, 0.1) is 0 Å². The van der Waals surface area contributed by atoms with Gasteiger partial charge in [0.05, 0.1) is 18.6 Å². The van der Waals surface area contributed by atoms with Crippen molar-refractivity contribution in [2.45, 2.75) is 38.7 Å². The van der Waals surface area contributed by atoms with Crippen LogP contribution in [0.2, 0.25) is 5.02 Å². The molecule has 0 radical (unpaired) electrons. The van der Waals surface area contributed by atoms with E-state index in [1.165, 1.54) is 24.3 Å². The quantitative estimate of drug-likeness (QED) is 0.612. The van der Waals surface area contributed by atoms with E-state index in [-0.39, 0.29) is 29.7 Å². The molecule has 0 aliphatic rings. The molecule has 158 valence electrons. The zero-order valence-electron chi connectivity index (χ0n) is 15.6. The molecule has 29 heavy (non-hydrogen) atoms. The first kappa shape index (κ1) is 22.8. The van der Waals surface area contributed by atoms with Crippen molar-refractivity contribution >= 4 is 17.6 Å². The third-order valence-corrected chi connectivity index (χ3v) is 3.99. The number of nitrogens with zero attached hydrogens (tertiary/aromatic N) is 1. The fourth-order valence-corrected chi connectivity index (χ4v) is 2.41. The van der Waals surface area contributed by atoms with Crippen molar-refractivity contribution < 1.29 is 37.3 Å². The van der Waals surface area contributed by atoms with Gasteiger partial charge in [-0.25, -0.2) is 4.98 Å². The topological polar surface area (TPSA) is 77.9 Å². The maximum atomic E-state index is 12.6. The molecule has 1 aromatic carbocycles. The Morgan fingerprint density at radius 2 is 1.86 bits per heavy atom. The van der Waals surface area contributed by atoms with Gasteiger partial charge in [-0.05, 0) is 44.2 Å². The van der Waals surface area contributed by atoms with Crippen molar-refractivity contribution in [1.82, 2.24) is 4.98 Å². The van der Waals surface area contributed by atoms with Crippen LogP contribution >= 0.6 is 11.6 Å². The minimum absolute atomic E-state index is 0.174. The first-order chi connectivity index (χ1) is 13.6. The normalized spacial score (nSPS) is 13.5. The number of halogens is 4. The molecule has 1 aromatic heterocycles. The van der Waals surface area contributed by atoms with Gasteiger partial charge in [0, 0.05) is 6.20 Å². The Hall–Kier alpha value is -2.52. The standard InChI is InChI=1S/C19H19ClF3NO5/c1-3-27-17(26)9-16(25)11(2)28-13-4-6-14(7-5-13)29-18-15(20)8-12(10-24-18)19(21,22)23/h4-8,10-11,16,25H,3,9H2,1-2H3. The van der Waals surface area contributed by atoms with E-state index in [1.807, 2.05) is 0 Å². The van der Waals surface area contributed by atoms with Gasteiger partial charge in [0.1, 0.15) is 28.7 Å². The highest BCUT2D eigenvalue weighted by atomic mass is 35.5. The molecule has 2 unspecified atom stereocenters. The van der Waals surface area contributed by atoms with E-state index in [9.17, 15) is 23.1 Å². The van der Waals surface area contributed by atoms with E-state index in [4.69, 9.17) is 25.8 Å². The SMILES string of the molecule is CCOC(=O)CC(O)C(C)Oc1ccc(Oc2ncc(C(F)(F)F)cc2Cl)cc1. The highest BCUT2D eigenvalue weighted by Crippen LogP contribution is 2.34. The van der Waals surface area contributed by atoms with E-state index >= 15 is 0 Å². The van der Waals surface area contributed by atoms with Crippen molar-refractivity contribution in [2.24, 2.45) is 0 Å². The van der Waals surface area contributed by atoms with Gasteiger partial charge < -0.3 is 19.3 Å². The largest absolute Gasteiger partial charge is 0.488 e. The van der Waals surface area contributed by atoms with Gasteiger partial charge >= 0.3 is 12.1 Å². The number of pyridine rings is 1. The number of benzene rings is 1. The predicted molar refractivity (Wildman–Crippen MR) is 98.1 cm³/mol. The van der Waals surface area contributed by atoms with E-state index < -0.39 is 29.9 Å². The fraction of sp³-hybridized carbons (Fsp3) is 0.368. The number of hydrogen-bond acceptors (Lipinski definition) is 6. The van der Waals surface area contributed by atoms with Crippen LogP contribution in [-0.2, 0) is 15.7 Å². The lowest BCUT2D eigenvalue weighted by atomic mass is 10.1. The first-order valence-electron chi connectivity index (χ1n) is 8.61. The molecule has 0 saturated carbocycles. The second-order valence-corrected chi connectivity index (χ2v) is 6.39. The highest BCUT2D eigenvalue weighted by molar-refractivity contribution is 6.31. The van der Waals surface area contributed by atoms with Crippen LogP contribution in [0.5, 0.6) is 17.4 Å². The average Bonchev–Trinajstić information content (AvgIpc) is 2.64. The highest BCUT2D eigenvalue weighted by Gasteiger charge is 2.31. The van der Waals surface area contributed by atoms with Crippen LogP contribution in [-0.4, -0.2) is 34.9 Å². The molecule has 2 aromatic rings. The molecule has 10 heteroatoms. The molecule has 2 atom stereocenters. The van der Waals surface area contributed by atoms with Crippen LogP contribution in [0.1, 0.15) is 25.8 Å². The minimum Gasteiger partial charge on any atom is -0.488 e. The Labute approximate surface area is 170 Å². The summed E-state index contributed by atoms with van der Waals surface area (Å²) in [6.07, 6.45) is -5.86. The number of hydrogen-bond donors (Lipinski definition) is 1. The van der Waals surface area contributed by atoms with Gasteiger partial charge in [0.15, 0.2) is 0 Å². The number of aliphatic hydroxyl groups is 1. The lowest BCUT2D eigenvalue weighted by Gasteiger charge is -2.20. The van der Waals surface area contributed by atoms with Gasteiger partial charge in [-0.3, -0.25) is 4.79 Å². The monoisotopic (exact) mass is 433 g/mol. The zero-order chi connectivity index (χ0) is 21.6. The molecule has 2 rings (SSSR count). The Morgan fingerprint density at radius 3 is 2.41 bits per heavy atom. The van der Waals surface area contributed by atoms with Crippen LogP contribution in [0.15, 0.2) is 36.5 Å². The summed E-state index contributed by atoms with van der Waals surface area (Å²) in [6, 6.07) is 6.78. The van der Waals surface area contributed by atoms with E-state index in [1.54, 1.807) is 13.8 Å². The average molecular weight is 434 g/mol. The second-order valence-electron chi connectivity index (χ2n) is 5.98. The third-order valence-electron chi connectivity index (χ3n) is 3.72. The summed E-state index contributed by atoms with van der Waals surface area (Å²) in [5.41, 5.74) is -0.978. The summed E-state index contributed by atoms with van der Waals surface area (Å²) in [6.45, 7) is 3.49. The molecule has 0 amide bonds.